The van der Waals surface area contributed by atoms with Gasteiger partial charge in [-0.3, -0.25) is 0 Å². The van der Waals surface area contributed by atoms with Gasteiger partial charge in [0, 0.05) is 10.8 Å². The largest absolute Gasteiger partial charge is 0.422 e. The van der Waals surface area contributed by atoms with Crippen LogP contribution in [0.2, 0.25) is 0 Å². The van der Waals surface area contributed by atoms with Crippen LogP contribution in [0.25, 0.3) is 21.7 Å². The molecule has 0 amide bonds. The second-order valence-corrected chi connectivity index (χ2v) is 3.88. The Bertz CT molecular complexity index is 738. The van der Waals surface area contributed by atoms with Crippen LogP contribution in [0.3, 0.4) is 0 Å². The first-order valence-corrected chi connectivity index (χ1v) is 5.18. The maximum atomic E-state index is 11.7. The van der Waals surface area contributed by atoms with Crippen LogP contribution >= 0.6 is 0 Å². The van der Waals surface area contributed by atoms with Crippen LogP contribution in [0, 0.1) is 6.92 Å². The fraction of sp³-hybridized carbons (Fsp3) is 0.0714. The van der Waals surface area contributed by atoms with Crippen LogP contribution in [0.5, 0.6) is 0 Å². The lowest BCUT2D eigenvalue weighted by atomic mass is 10.0. The van der Waals surface area contributed by atoms with Crippen molar-refractivity contribution in [1.29, 1.82) is 0 Å². The van der Waals surface area contributed by atoms with Gasteiger partial charge in [0.15, 0.2) is 0 Å². The second-order valence-electron chi connectivity index (χ2n) is 3.88. The number of aryl methyl sites for hydroxylation is 1. The predicted octanol–water partition coefficient (Wildman–Crippen LogP) is 3.25. The number of benzene rings is 2. The van der Waals surface area contributed by atoms with Gasteiger partial charge in [-0.2, -0.15) is 0 Å². The summed E-state index contributed by atoms with van der Waals surface area (Å²) in [5.41, 5.74) is 1.51. The van der Waals surface area contributed by atoms with E-state index in [1.807, 2.05) is 43.3 Å². The minimum atomic E-state index is -0.270. The lowest BCUT2D eigenvalue weighted by Gasteiger charge is -2.04. The van der Waals surface area contributed by atoms with Crippen LogP contribution in [-0.2, 0) is 0 Å². The summed E-state index contributed by atoms with van der Waals surface area (Å²) >= 11 is 0. The van der Waals surface area contributed by atoms with E-state index >= 15 is 0 Å². The van der Waals surface area contributed by atoms with Gasteiger partial charge in [0.1, 0.15) is 5.58 Å². The summed E-state index contributed by atoms with van der Waals surface area (Å²) < 4.78 is 5.30. The Morgan fingerprint density at radius 3 is 2.50 bits per heavy atom. The zero-order valence-electron chi connectivity index (χ0n) is 8.86. The van der Waals surface area contributed by atoms with Gasteiger partial charge in [-0.1, -0.05) is 30.3 Å². The summed E-state index contributed by atoms with van der Waals surface area (Å²) in [6.07, 6.45) is 0. The lowest BCUT2D eigenvalue weighted by Crippen LogP contribution is -1.99. The summed E-state index contributed by atoms with van der Waals surface area (Å²) in [7, 11) is 0. The summed E-state index contributed by atoms with van der Waals surface area (Å²) in [5.74, 6) is 0. The zero-order valence-corrected chi connectivity index (χ0v) is 8.86. The van der Waals surface area contributed by atoms with Crippen molar-refractivity contribution < 1.29 is 4.42 Å². The van der Waals surface area contributed by atoms with Crippen molar-refractivity contribution in [1.82, 2.24) is 0 Å². The molecule has 0 N–H and O–H groups in total. The molecule has 16 heavy (non-hydrogen) atoms. The van der Waals surface area contributed by atoms with E-state index in [-0.39, 0.29) is 5.63 Å². The molecular weight excluding hydrogens is 200 g/mol. The predicted molar refractivity (Wildman–Crippen MR) is 64.7 cm³/mol. The SMILES string of the molecule is Cc1cccc2oc(=O)c3ccccc3c12. The highest BCUT2D eigenvalue weighted by atomic mass is 16.4. The molecule has 2 aromatic carbocycles. The van der Waals surface area contributed by atoms with E-state index in [2.05, 4.69) is 0 Å². The highest BCUT2D eigenvalue weighted by Crippen LogP contribution is 2.25. The van der Waals surface area contributed by atoms with Gasteiger partial charge in [0.25, 0.3) is 0 Å². The van der Waals surface area contributed by atoms with E-state index in [0.29, 0.717) is 11.0 Å². The van der Waals surface area contributed by atoms with Crippen molar-refractivity contribution in [3.8, 4) is 0 Å². The van der Waals surface area contributed by atoms with E-state index in [1.165, 1.54) is 0 Å². The van der Waals surface area contributed by atoms with E-state index in [4.69, 9.17) is 4.42 Å². The number of rotatable bonds is 0. The summed E-state index contributed by atoms with van der Waals surface area (Å²) in [6.45, 7) is 2.02. The molecule has 1 heterocycles. The first-order valence-electron chi connectivity index (χ1n) is 5.18. The van der Waals surface area contributed by atoms with Crippen molar-refractivity contribution >= 4 is 21.7 Å². The first kappa shape index (κ1) is 9.16. The minimum absolute atomic E-state index is 0.270. The van der Waals surface area contributed by atoms with Crippen LogP contribution in [-0.4, -0.2) is 0 Å². The Kier molecular flexibility index (Phi) is 1.83. The van der Waals surface area contributed by atoms with Gasteiger partial charge in [-0.05, 0) is 24.6 Å². The van der Waals surface area contributed by atoms with Gasteiger partial charge in [-0.15, -0.1) is 0 Å². The maximum Gasteiger partial charge on any atom is 0.344 e. The quantitative estimate of drug-likeness (QED) is 0.421. The molecule has 0 aliphatic carbocycles. The fourth-order valence-corrected chi connectivity index (χ4v) is 2.11. The Balaban J connectivity index is 2.72. The second kappa shape index (κ2) is 3.20. The molecule has 0 radical (unpaired) electrons. The number of fused-ring (bicyclic) bond motifs is 3. The molecule has 0 bridgehead atoms. The average Bonchev–Trinajstić information content (AvgIpc) is 2.29. The zero-order chi connectivity index (χ0) is 11.1. The molecule has 3 aromatic rings. The Morgan fingerprint density at radius 1 is 0.938 bits per heavy atom. The maximum absolute atomic E-state index is 11.7. The standard InChI is InChI=1S/C14H10O2/c1-9-5-4-8-12-13(9)10-6-2-3-7-11(10)14(15)16-12/h2-8H,1H3. The molecule has 0 spiro atoms. The molecule has 0 aliphatic rings. The van der Waals surface area contributed by atoms with Crippen molar-refractivity contribution in [2.75, 3.05) is 0 Å². The molecule has 0 saturated heterocycles. The summed E-state index contributed by atoms with van der Waals surface area (Å²) in [4.78, 5) is 11.7. The highest BCUT2D eigenvalue weighted by molar-refractivity contribution is 6.05. The van der Waals surface area contributed by atoms with Gasteiger partial charge >= 0.3 is 5.63 Å². The number of hydrogen-bond acceptors (Lipinski definition) is 2. The first-order chi connectivity index (χ1) is 7.77. The van der Waals surface area contributed by atoms with E-state index in [0.717, 1.165) is 16.3 Å². The van der Waals surface area contributed by atoms with Gasteiger partial charge < -0.3 is 4.42 Å². The molecule has 0 fully saturated rings. The average molecular weight is 210 g/mol. The van der Waals surface area contributed by atoms with Crippen molar-refractivity contribution in [2.24, 2.45) is 0 Å². The van der Waals surface area contributed by atoms with Crippen LogP contribution in [0.4, 0.5) is 0 Å². The third-order valence-corrected chi connectivity index (χ3v) is 2.85. The minimum Gasteiger partial charge on any atom is -0.422 e. The Hall–Kier alpha value is -2.09. The molecular formula is C14H10O2. The molecule has 0 atom stereocenters. The molecule has 3 rings (SSSR count). The lowest BCUT2D eigenvalue weighted by molar-refractivity contribution is 0.569. The van der Waals surface area contributed by atoms with Gasteiger partial charge in [0.05, 0.1) is 5.39 Å². The Labute approximate surface area is 92.1 Å². The molecule has 0 saturated carbocycles. The van der Waals surface area contributed by atoms with Crippen molar-refractivity contribution in [3.05, 3.63) is 58.4 Å². The molecule has 2 nitrogen and oxygen atoms in total. The van der Waals surface area contributed by atoms with Crippen LogP contribution in [0.1, 0.15) is 5.56 Å². The van der Waals surface area contributed by atoms with Gasteiger partial charge in [-0.25, -0.2) is 4.79 Å². The van der Waals surface area contributed by atoms with E-state index < -0.39 is 0 Å². The van der Waals surface area contributed by atoms with Gasteiger partial charge in [0.2, 0.25) is 0 Å². The fourth-order valence-electron chi connectivity index (χ4n) is 2.11. The van der Waals surface area contributed by atoms with Crippen molar-refractivity contribution in [3.63, 3.8) is 0 Å². The molecule has 0 unspecified atom stereocenters. The van der Waals surface area contributed by atoms with E-state index in [9.17, 15) is 4.79 Å². The number of hydrogen-bond donors (Lipinski definition) is 0. The monoisotopic (exact) mass is 210 g/mol. The Morgan fingerprint density at radius 2 is 1.69 bits per heavy atom. The smallest absolute Gasteiger partial charge is 0.344 e. The summed E-state index contributed by atoms with van der Waals surface area (Å²) in [6, 6.07) is 13.3. The molecule has 1 aromatic heterocycles. The topological polar surface area (TPSA) is 30.2 Å². The van der Waals surface area contributed by atoms with E-state index in [1.54, 1.807) is 6.07 Å². The van der Waals surface area contributed by atoms with Crippen LogP contribution in [0.15, 0.2) is 51.7 Å². The van der Waals surface area contributed by atoms with Crippen molar-refractivity contribution in [2.45, 2.75) is 6.92 Å². The van der Waals surface area contributed by atoms with Crippen LogP contribution < -0.4 is 5.63 Å². The molecule has 2 heteroatoms. The third kappa shape index (κ3) is 1.16. The highest BCUT2D eigenvalue weighted by Gasteiger charge is 2.07. The normalized spacial score (nSPS) is 11.1. The third-order valence-electron chi connectivity index (χ3n) is 2.85. The molecule has 0 aliphatic heterocycles. The molecule has 78 valence electrons. The summed E-state index contributed by atoms with van der Waals surface area (Å²) in [5, 5.41) is 2.63.